The van der Waals surface area contributed by atoms with Crippen LogP contribution < -0.4 is 0 Å². The third-order valence-corrected chi connectivity index (χ3v) is 3.92. The summed E-state index contributed by atoms with van der Waals surface area (Å²) in [5, 5.41) is 0. The van der Waals surface area contributed by atoms with Crippen LogP contribution in [0.5, 0.6) is 0 Å². The first-order valence-electron chi connectivity index (χ1n) is 7.88. The largest absolute Gasteiger partial charge is 0.335 e. The Hall–Kier alpha value is -2.46. The minimum atomic E-state index is 0.919. The topological polar surface area (TPSA) is 34.0 Å². The van der Waals surface area contributed by atoms with Gasteiger partial charge in [-0.25, -0.2) is 4.98 Å². The van der Waals surface area contributed by atoms with Crippen LogP contribution in [0.25, 0.3) is 11.4 Å². The molecule has 0 atom stereocenters. The van der Waals surface area contributed by atoms with E-state index in [1.54, 1.807) is 0 Å². The molecular weight excluding hydrogens is 284 g/mol. The highest BCUT2D eigenvalue weighted by molar-refractivity contribution is 5.57. The molecule has 0 aliphatic heterocycles. The zero-order valence-electron chi connectivity index (χ0n) is 13.7. The summed E-state index contributed by atoms with van der Waals surface area (Å²) in [4.78, 5) is 11.2. The van der Waals surface area contributed by atoms with Crippen molar-refractivity contribution in [3.63, 3.8) is 0 Å². The van der Waals surface area contributed by atoms with Crippen molar-refractivity contribution in [2.24, 2.45) is 0 Å². The highest BCUT2D eigenvalue weighted by Gasteiger charge is 2.07. The summed E-state index contributed by atoms with van der Waals surface area (Å²) in [6.07, 6.45) is 5.78. The zero-order valence-corrected chi connectivity index (χ0v) is 13.7. The number of imidazole rings is 1. The standard InChI is InChI=1S/C19H22N4/c1-16-7-6-10-20-19(16)18-14-23(15-21-18)12-11-22(2)13-17-8-4-3-5-9-17/h3-10,14-15H,11-13H2,1-2H3. The minimum absolute atomic E-state index is 0.919. The van der Waals surface area contributed by atoms with Crippen molar-refractivity contribution in [3.8, 4) is 11.4 Å². The van der Waals surface area contributed by atoms with E-state index in [1.807, 2.05) is 18.6 Å². The van der Waals surface area contributed by atoms with E-state index in [9.17, 15) is 0 Å². The summed E-state index contributed by atoms with van der Waals surface area (Å²) in [5.41, 5.74) is 4.39. The SMILES string of the molecule is Cc1cccnc1-c1cn(CCN(C)Cc2ccccc2)cn1. The molecule has 2 aromatic heterocycles. The normalized spacial score (nSPS) is 11.1. The van der Waals surface area contributed by atoms with Gasteiger partial charge >= 0.3 is 0 Å². The number of benzene rings is 1. The molecule has 0 radical (unpaired) electrons. The van der Waals surface area contributed by atoms with Crippen molar-refractivity contribution in [2.75, 3.05) is 13.6 Å². The Kier molecular flexibility index (Phi) is 4.83. The monoisotopic (exact) mass is 306 g/mol. The fraction of sp³-hybridized carbons (Fsp3) is 0.263. The lowest BCUT2D eigenvalue weighted by Crippen LogP contribution is -2.22. The van der Waals surface area contributed by atoms with Gasteiger partial charge in [-0.2, -0.15) is 0 Å². The summed E-state index contributed by atoms with van der Waals surface area (Å²) in [6.45, 7) is 4.92. The van der Waals surface area contributed by atoms with Crippen molar-refractivity contribution in [1.29, 1.82) is 0 Å². The number of pyridine rings is 1. The van der Waals surface area contributed by atoms with E-state index in [0.717, 1.165) is 36.6 Å². The average Bonchev–Trinajstić information content (AvgIpc) is 3.03. The van der Waals surface area contributed by atoms with Gasteiger partial charge < -0.3 is 9.47 Å². The van der Waals surface area contributed by atoms with Gasteiger partial charge in [0.25, 0.3) is 0 Å². The quantitative estimate of drug-likeness (QED) is 0.700. The number of hydrogen-bond donors (Lipinski definition) is 0. The number of aromatic nitrogens is 3. The number of rotatable bonds is 6. The fourth-order valence-electron chi connectivity index (χ4n) is 2.62. The molecule has 0 aliphatic rings. The molecule has 23 heavy (non-hydrogen) atoms. The van der Waals surface area contributed by atoms with Gasteiger partial charge in [-0.15, -0.1) is 0 Å². The van der Waals surface area contributed by atoms with Gasteiger partial charge in [0.2, 0.25) is 0 Å². The molecule has 0 N–H and O–H groups in total. The lowest BCUT2D eigenvalue weighted by molar-refractivity contribution is 0.311. The van der Waals surface area contributed by atoms with Crippen molar-refractivity contribution in [3.05, 3.63) is 72.3 Å². The van der Waals surface area contributed by atoms with E-state index in [-0.39, 0.29) is 0 Å². The molecule has 0 aliphatic carbocycles. The van der Waals surface area contributed by atoms with E-state index < -0.39 is 0 Å². The van der Waals surface area contributed by atoms with E-state index in [1.165, 1.54) is 5.56 Å². The molecule has 0 bridgehead atoms. The first kappa shape index (κ1) is 15.4. The third-order valence-electron chi connectivity index (χ3n) is 3.92. The van der Waals surface area contributed by atoms with Gasteiger partial charge in [-0.05, 0) is 31.2 Å². The molecule has 0 fully saturated rings. The number of nitrogens with zero attached hydrogens (tertiary/aromatic N) is 4. The Morgan fingerprint density at radius 3 is 2.65 bits per heavy atom. The zero-order chi connectivity index (χ0) is 16.1. The fourth-order valence-corrected chi connectivity index (χ4v) is 2.62. The van der Waals surface area contributed by atoms with E-state index in [4.69, 9.17) is 0 Å². The van der Waals surface area contributed by atoms with E-state index >= 15 is 0 Å². The van der Waals surface area contributed by atoms with Crippen LogP contribution in [-0.2, 0) is 13.1 Å². The Labute approximate surface area is 137 Å². The van der Waals surface area contributed by atoms with Crippen LogP contribution >= 0.6 is 0 Å². The summed E-state index contributed by atoms with van der Waals surface area (Å²) in [7, 11) is 2.15. The molecule has 118 valence electrons. The van der Waals surface area contributed by atoms with Crippen LogP contribution in [0.15, 0.2) is 61.2 Å². The summed E-state index contributed by atoms with van der Waals surface area (Å²) in [5.74, 6) is 0. The molecule has 0 amide bonds. The molecule has 4 nitrogen and oxygen atoms in total. The van der Waals surface area contributed by atoms with Crippen LogP contribution in [0, 0.1) is 6.92 Å². The maximum atomic E-state index is 4.49. The smallest absolute Gasteiger partial charge is 0.107 e. The second-order valence-corrected chi connectivity index (χ2v) is 5.89. The van der Waals surface area contributed by atoms with Crippen molar-refractivity contribution in [1.82, 2.24) is 19.4 Å². The summed E-state index contributed by atoms with van der Waals surface area (Å²) < 4.78 is 2.13. The molecule has 2 heterocycles. The van der Waals surface area contributed by atoms with E-state index in [0.29, 0.717) is 0 Å². The number of aryl methyl sites for hydroxylation is 1. The second kappa shape index (κ2) is 7.20. The minimum Gasteiger partial charge on any atom is -0.335 e. The van der Waals surface area contributed by atoms with Crippen LogP contribution in [-0.4, -0.2) is 33.0 Å². The molecule has 3 aromatic rings. The maximum absolute atomic E-state index is 4.49. The van der Waals surface area contributed by atoms with Crippen molar-refractivity contribution in [2.45, 2.75) is 20.0 Å². The van der Waals surface area contributed by atoms with Crippen LogP contribution in [0.2, 0.25) is 0 Å². The summed E-state index contributed by atoms with van der Waals surface area (Å²) in [6, 6.07) is 14.6. The lowest BCUT2D eigenvalue weighted by Gasteiger charge is -2.16. The van der Waals surface area contributed by atoms with Gasteiger partial charge in [0.05, 0.1) is 12.0 Å². The molecule has 0 unspecified atom stereocenters. The van der Waals surface area contributed by atoms with Crippen LogP contribution in [0.1, 0.15) is 11.1 Å². The maximum Gasteiger partial charge on any atom is 0.107 e. The van der Waals surface area contributed by atoms with Gasteiger partial charge in [0.1, 0.15) is 5.69 Å². The second-order valence-electron chi connectivity index (χ2n) is 5.89. The highest BCUT2D eigenvalue weighted by Crippen LogP contribution is 2.17. The Bertz CT molecular complexity index is 749. The lowest BCUT2D eigenvalue weighted by atomic mass is 10.2. The Balaban J connectivity index is 1.58. The van der Waals surface area contributed by atoms with Crippen LogP contribution in [0.3, 0.4) is 0 Å². The van der Waals surface area contributed by atoms with Gasteiger partial charge in [0, 0.05) is 32.0 Å². The van der Waals surface area contributed by atoms with Crippen LogP contribution in [0.4, 0.5) is 0 Å². The average molecular weight is 306 g/mol. The summed E-state index contributed by atoms with van der Waals surface area (Å²) >= 11 is 0. The van der Waals surface area contributed by atoms with Crippen molar-refractivity contribution >= 4 is 0 Å². The van der Waals surface area contributed by atoms with E-state index in [2.05, 4.69) is 76.0 Å². The Morgan fingerprint density at radius 2 is 1.87 bits per heavy atom. The third kappa shape index (κ3) is 4.05. The van der Waals surface area contributed by atoms with Gasteiger partial charge in [-0.3, -0.25) is 4.98 Å². The van der Waals surface area contributed by atoms with Crippen molar-refractivity contribution < 1.29 is 0 Å². The van der Waals surface area contributed by atoms with Gasteiger partial charge in [0.15, 0.2) is 0 Å². The number of likely N-dealkylation sites (N-methyl/N-ethyl adjacent to an activating group) is 1. The molecule has 0 saturated heterocycles. The Morgan fingerprint density at radius 1 is 1.04 bits per heavy atom. The molecule has 4 heteroatoms. The molecule has 0 saturated carbocycles. The van der Waals surface area contributed by atoms with Gasteiger partial charge in [-0.1, -0.05) is 36.4 Å². The predicted molar refractivity (Wildman–Crippen MR) is 93.0 cm³/mol. The number of hydrogen-bond acceptors (Lipinski definition) is 3. The highest BCUT2D eigenvalue weighted by atomic mass is 15.1. The first-order valence-corrected chi connectivity index (χ1v) is 7.88. The molecule has 3 rings (SSSR count). The molecule has 1 aromatic carbocycles. The first-order chi connectivity index (χ1) is 11.2. The molecule has 0 spiro atoms. The predicted octanol–water partition coefficient (Wildman–Crippen LogP) is 3.39. The molecular formula is C19H22N4.